The minimum absolute atomic E-state index is 0. The smallest absolute Gasteiger partial charge is 0.243 e. The molecule has 1 aromatic heterocycles. The van der Waals surface area contributed by atoms with Crippen molar-refractivity contribution in [3.8, 4) is 0 Å². The van der Waals surface area contributed by atoms with Gasteiger partial charge in [-0.15, -0.1) is 23.6 Å². The van der Waals surface area contributed by atoms with E-state index in [4.69, 9.17) is 0 Å². The summed E-state index contributed by atoms with van der Waals surface area (Å²) in [4.78, 5) is 3.62. The number of rotatable bonds is 3. The minimum Gasteiger partial charge on any atom is -0.244 e. The molecule has 1 heterocycles. The van der Waals surface area contributed by atoms with Crippen LogP contribution in [0.1, 0.15) is 0 Å². The summed E-state index contributed by atoms with van der Waals surface area (Å²) in [6.45, 7) is 3.34. The first-order chi connectivity index (χ1) is 5.17. The first kappa shape index (κ1) is 11.4. The second-order valence-electron chi connectivity index (χ2n) is 1.96. The van der Waals surface area contributed by atoms with Gasteiger partial charge in [-0.3, -0.25) is 0 Å². The number of hydrogen-bond acceptors (Lipinski definition) is 3. The Hall–Kier alpha value is -0.620. The Balaban J connectivity index is 0.00000121. The molecule has 6 heteroatoms. The lowest BCUT2D eigenvalue weighted by Gasteiger charge is -1.98. The topological polar surface area (TPSA) is 52.0 Å². The van der Waals surface area contributed by atoms with Crippen LogP contribution in [0.15, 0.2) is 31.4 Å². The first-order valence-electron chi connectivity index (χ1n) is 2.99. The fourth-order valence-electron chi connectivity index (χ4n) is 0.646. The standard InChI is InChI=1S/C6H8N2O2S.BrH/c1-2-5-11(9,10)8-4-3-7-6-8;/h2-4,6H,1,5H2;1H. The van der Waals surface area contributed by atoms with E-state index in [2.05, 4.69) is 11.6 Å². The van der Waals surface area contributed by atoms with Crippen molar-refractivity contribution in [3.63, 3.8) is 0 Å². The summed E-state index contributed by atoms with van der Waals surface area (Å²) >= 11 is 0. The van der Waals surface area contributed by atoms with E-state index in [1.807, 2.05) is 0 Å². The molecule has 4 nitrogen and oxygen atoms in total. The third kappa shape index (κ3) is 2.46. The zero-order valence-electron chi connectivity index (χ0n) is 6.25. The van der Waals surface area contributed by atoms with Gasteiger partial charge in [-0.25, -0.2) is 17.4 Å². The Kier molecular flexibility index (Phi) is 4.19. The summed E-state index contributed by atoms with van der Waals surface area (Å²) in [6.07, 6.45) is 5.40. The van der Waals surface area contributed by atoms with Crippen molar-refractivity contribution in [2.45, 2.75) is 0 Å². The molecule has 1 aromatic rings. The van der Waals surface area contributed by atoms with E-state index in [-0.39, 0.29) is 22.7 Å². The van der Waals surface area contributed by atoms with Gasteiger partial charge in [0.15, 0.2) is 0 Å². The number of halogens is 1. The van der Waals surface area contributed by atoms with Crippen molar-refractivity contribution in [1.82, 2.24) is 8.96 Å². The van der Waals surface area contributed by atoms with Gasteiger partial charge in [0.2, 0.25) is 10.0 Å². The Labute approximate surface area is 81.7 Å². The second-order valence-corrected chi connectivity index (χ2v) is 3.88. The van der Waals surface area contributed by atoms with Crippen molar-refractivity contribution in [2.75, 3.05) is 5.75 Å². The van der Waals surface area contributed by atoms with E-state index in [9.17, 15) is 8.42 Å². The molecule has 0 unspecified atom stereocenters. The summed E-state index contributed by atoms with van der Waals surface area (Å²) in [7, 11) is -3.23. The number of nitrogens with zero attached hydrogens (tertiary/aromatic N) is 2. The lowest BCUT2D eigenvalue weighted by atomic mass is 10.8. The second kappa shape index (κ2) is 4.42. The lowest BCUT2D eigenvalue weighted by molar-refractivity contribution is 0.590. The Morgan fingerprint density at radius 1 is 1.58 bits per heavy atom. The molecule has 0 aliphatic rings. The Morgan fingerprint density at radius 2 is 2.25 bits per heavy atom. The molecule has 0 aromatic carbocycles. The number of hydrogen-bond donors (Lipinski definition) is 0. The fraction of sp³-hybridized carbons (Fsp3) is 0.167. The Bertz CT molecular complexity index is 330. The molecule has 0 spiro atoms. The van der Waals surface area contributed by atoms with Gasteiger partial charge in [0, 0.05) is 12.4 Å². The van der Waals surface area contributed by atoms with Crippen LogP contribution in [0.4, 0.5) is 0 Å². The molecular weight excluding hydrogens is 244 g/mol. The van der Waals surface area contributed by atoms with Gasteiger partial charge < -0.3 is 0 Å². The van der Waals surface area contributed by atoms with E-state index < -0.39 is 10.0 Å². The molecule has 0 fully saturated rings. The maximum Gasteiger partial charge on any atom is 0.243 e. The quantitative estimate of drug-likeness (QED) is 0.749. The molecule has 12 heavy (non-hydrogen) atoms. The van der Waals surface area contributed by atoms with Crippen LogP contribution in [0.3, 0.4) is 0 Å². The predicted octanol–water partition coefficient (Wildman–Crippen LogP) is 0.825. The van der Waals surface area contributed by atoms with Crippen LogP contribution in [-0.4, -0.2) is 23.1 Å². The van der Waals surface area contributed by atoms with Crippen molar-refractivity contribution in [2.24, 2.45) is 0 Å². The van der Waals surface area contributed by atoms with E-state index in [0.29, 0.717) is 0 Å². The molecule has 0 saturated carbocycles. The molecule has 0 aliphatic heterocycles. The molecule has 0 aliphatic carbocycles. The van der Waals surface area contributed by atoms with Crippen molar-refractivity contribution in [3.05, 3.63) is 31.4 Å². The normalized spacial score (nSPS) is 10.3. The zero-order chi connectivity index (χ0) is 8.32. The maximum atomic E-state index is 11.1. The monoisotopic (exact) mass is 252 g/mol. The number of imidazole rings is 1. The van der Waals surface area contributed by atoms with Crippen LogP contribution < -0.4 is 0 Å². The lowest BCUT2D eigenvalue weighted by Crippen LogP contribution is -2.12. The van der Waals surface area contributed by atoms with E-state index in [1.54, 1.807) is 0 Å². The van der Waals surface area contributed by atoms with Crippen LogP contribution in [0.25, 0.3) is 0 Å². The van der Waals surface area contributed by atoms with Gasteiger partial charge in [-0.2, -0.15) is 0 Å². The summed E-state index contributed by atoms with van der Waals surface area (Å²) < 4.78 is 23.4. The average molecular weight is 253 g/mol. The number of aromatic nitrogens is 2. The SMILES string of the molecule is Br.C=CCS(=O)(=O)n1ccnc1. The minimum atomic E-state index is -3.23. The Morgan fingerprint density at radius 3 is 2.67 bits per heavy atom. The fourth-order valence-corrected chi connectivity index (χ4v) is 1.55. The van der Waals surface area contributed by atoms with E-state index in [0.717, 1.165) is 3.97 Å². The van der Waals surface area contributed by atoms with E-state index in [1.165, 1.54) is 24.8 Å². The molecule has 0 atom stereocenters. The third-order valence-electron chi connectivity index (χ3n) is 1.13. The molecular formula is C6H9BrN2O2S. The highest BCUT2D eigenvalue weighted by Crippen LogP contribution is 1.95. The average Bonchev–Trinajstić information content (AvgIpc) is 2.37. The summed E-state index contributed by atoms with van der Waals surface area (Å²) in [5.74, 6) is -0.0661. The van der Waals surface area contributed by atoms with Gasteiger partial charge >= 0.3 is 0 Å². The van der Waals surface area contributed by atoms with E-state index >= 15 is 0 Å². The largest absolute Gasteiger partial charge is 0.244 e. The summed E-state index contributed by atoms with van der Waals surface area (Å²) in [5.41, 5.74) is 0. The van der Waals surface area contributed by atoms with Gasteiger partial charge in [0.1, 0.15) is 6.33 Å². The third-order valence-corrected chi connectivity index (χ3v) is 2.65. The van der Waals surface area contributed by atoms with Crippen LogP contribution in [0.2, 0.25) is 0 Å². The highest BCUT2D eigenvalue weighted by Gasteiger charge is 2.08. The highest BCUT2D eigenvalue weighted by atomic mass is 79.9. The predicted molar refractivity (Wildman–Crippen MR) is 51.9 cm³/mol. The van der Waals surface area contributed by atoms with Gasteiger partial charge in [0.05, 0.1) is 5.75 Å². The van der Waals surface area contributed by atoms with Crippen molar-refractivity contribution < 1.29 is 8.42 Å². The van der Waals surface area contributed by atoms with Crippen LogP contribution >= 0.6 is 17.0 Å². The molecule has 0 N–H and O–H groups in total. The molecule has 0 bridgehead atoms. The highest BCUT2D eigenvalue weighted by molar-refractivity contribution is 8.93. The molecule has 68 valence electrons. The summed E-state index contributed by atoms with van der Waals surface area (Å²) in [5, 5.41) is 0. The van der Waals surface area contributed by atoms with Crippen molar-refractivity contribution >= 4 is 27.0 Å². The van der Waals surface area contributed by atoms with Crippen LogP contribution in [-0.2, 0) is 10.0 Å². The van der Waals surface area contributed by atoms with Gasteiger partial charge in [0.25, 0.3) is 0 Å². The zero-order valence-corrected chi connectivity index (χ0v) is 8.78. The molecule has 0 amide bonds. The molecule has 0 saturated heterocycles. The summed E-state index contributed by atoms with van der Waals surface area (Å²) in [6, 6.07) is 0. The first-order valence-corrected chi connectivity index (χ1v) is 4.60. The molecule has 1 rings (SSSR count). The van der Waals surface area contributed by atoms with Crippen LogP contribution in [0, 0.1) is 0 Å². The maximum absolute atomic E-state index is 11.1. The van der Waals surface area contributed by atoms with Gasteiger partial charge in [-0.1, -0.05) is 6.08 Å². The van der Waals surface area contributed by atoms with Crippen molar-refractivity contribution in [1.29, 1.82) is 0 Å². The van der Waals surface area contributed by atoms with Gasteiger partial charge in [-0.05, 0) is 0 Å². The molecule has 0 radical (unpaired) electrons. The van der Waals surface area contributed by atoms with Crippen LogP contribution in [0.5, 0.6) is 0 Å².